The fraction of sp³-hybridized carbons (Fsp3) is 0.320. The zero-order valence-electron chi connectivity index (χ0n) is 19.2. The van der Waals surface area contributed by atoms with E-state index in [0.717, 1.165) is 12.0 Å². The molecule has 1 saturated heterocycles. The van der Waals surface area contributed by atoms with Gasteiger partial charge in [-0.05, 0) is 25.0 Å². The van der Waals surface area contributed by atoms with Crippen molar-refractivity contribution in [3.8, 4) is 0 Å². The molecule has 0 spiro atoms. The fourth-order valence-electron chi connectivity index (χ4n) is 4.26. The van der Waals surface area contributed by atoms with Crippen LogP contribution in [0.2, 0.25) is 0 Å². The van der Waals surface area contributed by atoms with E-state index in [2.05, 4.69) is 9.97 Å². The number of rotatable bonds is 8. The van der Waals surface area contributed by atoms with Crippen LogP contribution in [0.3, 0.4) is 0 Å². The molecule has 0 unspecified atom stereocenters. The highest BCUT2D eigenvalue weighted by atomic mass is 16.2. The summed E-state index contributed by atoms with van der Waals surface area (Å²) in [6.45, 7) is 4.75. The van der Waals surface area contributed by atoms with Gasteiger partial charge in [-0.1, -0.05) is 30.3 Å². The van der Waals surface area contributed by atoms with Crippen LogP contribution >= 0.6 is 0 Å². The molecule has 0 bridgehead atoms. The van der Waals surface area contributed by atoms with E-state index >= 15 is 0 Å². The van der Waals surface area contributed by atoms with Gasteiger partial charge in [-0.15, -0.1) is 0 Å². The van der Waals surface area contributed by atoms with Crippen LogP contribution in [0, 0.1) is 6.92 Å². The van der Waals surface area contributed by atoms with Crippen molar-refractivity contribution in [3.05, 3.63) is 83.2 Å². The van der Waals surface area contributed by atoms with Gasteiger partial charge in [0.2, 0.25) is 0 Å². The van der Waals surface area contributed by atoms with Gasteiger partial charge in [-0.3, -0.25) is 24.3 Å². The molecule has 0 radical (unpaired) electrons. The number of amides is 2. The average molecular weight is 461 g/mol. The Bertz CT molecular complexity index is 1170. The van der Waals surface area contributed by atoms with Crippen LogP contribution in [0.4, 0.5) is 0 Å². The first-order chi connectivity index (χ1) is 16.4. The third kappa shape index (κ3) is 5.20. The second-order valence-corrected chi connectivity index (χ2v) is 8.36. The number of Topliss-reactive ketones (excluding diaryl/α,β-unsaturated/α-hetero) is 1. The first-order valence-corrected chi connectivity index (χ1v) is 11.3. The van der Waals surface area contributed by atoms with Crippen LogP contribution in [0.5, 0.6) is 0 Å². The van der Waals surface area contributed by atoms with Crippen LogP contribution in [0.25, 0.3) is 0 Å². The Labute approximate surface area is 198 Å². The molecule has 9 nitrogen and oxygen atoms in total. The summed E-state index contributed by atoms with van der Waals surface area (Å²) in [4.78, 5) is 49.5. The van der Waals surface area contributed by atoms with E-state index in [-0.39, 0.29) is 18.2 Å². The Morgan fingerprint density at radius 2 is 1.76 bits per heavy atom. The minimum atomic E-state index is -0.541. The Morgan fingerprint density at radius 3 is 2.41 bits per heavy atom. The predicted octanol–water partition coefficient (Wildman–Crippen LogP) is 1.57. The number of ketones is 1. The summed E-state index contributed by atoms with van der Waals surface area (Å²) in [5, 5.41) is 0. The van der Waals surface area contributed by atoms with Gasteiger partial charge in [0.15, 0.2) is 5.78 Å². The third-order valence-corrected chi connectivity index (χ3v) is 6.19. The van der Waals surface area contributed by atoms with E-state index in [1.807, 2.05) is 46.7 Å². The summed E-state index contributed by atoms with van der Waals surface area (Å²) in [6.07, 6.45) is 5.22. The van der Waals surface area contributed by atoms with Crippen molar-refractivity contribution >= 4 is 17.6 Å². The number of piperazine rings is 1. The van der Waals surface area contributed by atoms with Crippen LogP contribution in [0.15, 0.2) is 55.0 Å². The van der Waals surface area contributed by atoms with Crippen molar-refractivity contribution in [1.29, 1.82) is 0 Å². The summed E-state index contributed by atoms with van der Waals surface area (Å²) >= 11 is 0. The first-order valence-electron chi connectivity index (χ1n) is 11.3. The number of nitrogens with two attached hydrogens (primary N) is 1. The van der Waals surface area contributed by atoms with Gasteiger partial charge in [0.1, 0.15) is 5.69 Å². The molecule has 0 aliphatic carbocycles. The molecule has 3 heterocycles. The Hall–Kier alpha value is -3.85. The number of carbonyl (C=O) groups is 3. The lowest BCUT2D eigenvalue weighted by Crippen LogP contribution is -2.50. The van der Waals surface area contributed by atoms with E-state index < -0.39 is 5.91 Å². The van der Waals surface area contributed by atoms with E-state index in [0.29, 0.717) is 55.4 Å². The molecule has 1 aromatic carbocycles. The monoisotopic (exact) mass is 460 g/mol. The van der Waals surface area contributed by atoms with Crippen molar-refractivity contribution < 1.29 is 14.4 Å². The first kappa shape index (κ1) is 23.3. The van der Waals surface area contributed by atoms with Crippen LogP contribution in [-0.2, 0) is 13.0 Å². The quantitative estimate of drug-likeness (QED) is 0.511. The van der Waals surface area contributed by atoms with Crippen LogP contribution < -0.4 is 5.73 Å². The van der Waals surface area contributed by atoms with Crippen LogP contribution in [-0.4, -0.2) is 74.7 Å². The van der Waals surface area contributed by atoms with Gasteiger partial charge in [0.25, 0.3) is 11.8 Å². The largest absolute Gasteiger partial charge is 0.366 e. The van der Waals surface area contributed by atoms with E-state index in [1.165, 1.54) is 18.6 Å². The molecule has 176 valence electrons. The Kier molecular flexibility index (Phi) is 7.12. The normalized spacial score (nSPS) is 14.2. The molecular weight excluding hydrogens is 432 g/mol. The standard InChI is InChI=1S/C25H28N6O3/c1-18-20(24(26)33)15-22(31(18)10-7-19-5-3-2-4-6-19)23(32)17-29-11-13-30(14-12-29)25(34)21-16-27-8-9-28-21/h2-6,8-9,15-16H,7,10-14,17H2,1H3,(H2,26,33). The molecule has 4 rings (SSSR count). The van der Waals surface area contributed by atoms with E-state index in [1.54, 1.807) is 11.0 Å². The number of aromatic nitrogens is 3. The number of primary amides is 1. The molecule has 0 saturated carbocycles. The molecule has 2 N–H and O–H groups in total. The van der Waals surface area contributed by atoms with Gasteiger partial charge in [-0.2, -0.15) is 0 Å². The van der Waals surface area contributed by atoms with Gasteiger partial charge in [0, 0.05) is 50.8 Å². The van der Waals surface area contributed by atoms with Gasteiger partial charge in [-0.25, -0.2) is 4.98 Å². The highest BCUT2D eigenvalue weighted by Gasteiger charge is 2.26. The molecule has 2 aromatic heterocycles. The summed E-state index contributed by atoms with van der Waals surface area (Å²) < 4.78 is 1.89. The second kappa shape index (κ2) is 10.4. The second-order valence-electron chi connectivity index (χ2n) is 8.36. The smallest absolute Gasteiger partial charge is 0.274 e. The summed E-state index contributed by atoms with van der Waals surface area (Å²) in [5.41, 5.74) is 8.59. The molecule has 9 heteroatoms. The molecule has 34 heavy (non-hydrogen) atoms. The minimum Gasteiger partial charge on any atom is -0.366 e. The zero-order chi connectivity index (χ0) is 24.1. The highest BCUT2D eigenvalue weighted by Crippen LogP contribution is 2.18. The summed E-state index contributed by atoms with van der Waals surface area (Å²) in [5.74, 6) is -0.769. The molecule has 3 aromatic rings. The molecular formula is C25H28N6O3. The fourth-order valence-corrected chi connectivity index (χ4v) is 4.26. The number of carbonyl (C=O) groups excluding carboxylic acids is 3. The van der Waals surface area contributed by atoms with E-state index in [9.17, 15) is 14.4 Å². The number of hydrogen-bond donors (Lipinski definition) is 1. The summed E-state index contributed by atoms with van der Waals surface area (Å²) in [6, 6.07) is 11.6. The Morgan fingerprint density at radius 1 is 1.03 bits per heavy atom. The molecule has 1 fully saturated rings. The number of aryl methyl sites for hydroxylation is 1. The predicted molar refractivity (Wildman–Crippen MR) is 127 cm³/mol. The summed E-state index contributed by atoms with van der Waals surface area (Å²) in [7, 11) is 0. The number of benzene rings is 1. The third-order valence-electron chi connectivity index (χ3n) is 6.19. The average Bonchev–Trinajstić information content (AvgIpc) is 3.20. The lowest BCUT2D eigenvalue weighted by atomic mass is 10.1. The van der Waals surface area contributed by atoms with Crippen molar-refractivity contribution in [1.82, 2.24) is 24.3 Å². The van der Waals surface area contributed by atoms with E-state index in [4.69, 9.17) is 5.73 Å². The number of hydrogen-bond acceptors (Lipinski definition) is 6. The maximum atomic E-state index is 13.3. The molecule has 1 aliphatic rings. The van der Waals surface area contributed by atoms with Gasteiger partial charge >= 0.3 is 0 Å². The zero-order valence-corrected chi connectivity index (χ0v) is 19.2. The highest BCUT2D eigenvalue weighted by molar-refractivity contribution is 6.01. The lowest BCUT2D eigenvalue weighted by molar-refractivity contribution is 0.0617. The maximum Gasteiger partial charge on any atom is 0.274 e. The lowest BCUT2D eigenvalue weighted by Gasteiger charge is -2.34. The minimum absolute atomic E-state index is 0.0719. The van der Waals surface area contributed by atoms with Gasteiger partial charge in [0.05, 0.1) is 24.0 Å². The molecule has 0 atom stereocenters. The molecule has 1 aliphatic heterocycles. The molecule has 2 amide bonds. The SMILES string of the molecule is Cc1c(C(N)=O)cc(C(=O)CN2CCN(C(=O)c3cnccn3)CC2)n1CCc1ccccc1. The van der Waals surface area contributed by atoms with Gasteiger partial charge < -0.3 is 15.2 Å². The van der Waals surface area contributed by atoms with Crippen molar-refractivity contribution in [2.24, 2.45) is 5.73 Å². The van der Waals surface area contributed by atoms with Crippen molar-refractivity contribution in [2.75, 3.05) is 32.7 Å². The topological polar surface area (TPSA) is 114 Å². The number of nitrogens with zero attached hydrogens (tertiary/aromatic N) is 5. The van der Waals surface area contributed by atoms with Crippen molar-refractivity contribution in [3.63, 3.8) is 0 Å². The van der Waals surface area contributed by atoms with Crippen molar-refractivity contribution in [2.45, 2.75) is 19.9 Å². The Balaban J connectivity index is 1.42. The van der Waals surface area contributed by atoms with Crippen LogP contribution in [0.1, 0.15) is 42.6 Å². The maximum absolute atomic E-state index is 13.3.